The molecule has 0 aromatic heterocycles. The van der Waals surface area contributed by atoms with Gasteiger partial charge in [0.05, 0.1) is 29.3 Å². The third kappa shape index (κ3) is 5.39. The SMILES string of the molecule is C[C@@H](C(=O)Nc1ccc(N2CCOCC2)cc1)N(C)Cc1ccc(Cl)c(Cl)c1. The van der Waals surface area contributed by atoms with E-state index in [1.807, 2.05) is 55.3 Å². The number of carbonyl (C=O) groups is 1. The molecule has 5 nitrogen and oxygen atoms in total. The van der Waals surface area contributed by atoms with Crippen LogP contribution in [0.3, 0.4) is 0 Å². The van der Waals surface area contributed by atoms with E-state index in [-0.39, 0.29) is 11.9 Å². The van der Waals surface area contributed by atoms with Gasteiger partial charge < -0.3 is 15.0 Å². The minimum Gasteiger partial charge on any atom is -0.378 e. The van der Waals surface area contributed by atoms with Gasteiger partial charge in [-0.05, 0) is 55.9 Å². The number of halogens is 2. The number of nitrogens with one attached hydrogen (secondary N) is 1. The molecule has 0 unspecified atom stereocenters. The van der Waals surface area contributed by atoms with Gasteiger partial charge in [-0.15, -0.1) is 0 Å². The Morgan fingerprint density at radius 1 is 1.14 bits per heavy atom. The van der Waals surface area contributed by atoms with E-state index in [4.69, 9.17) is 27.9 Å². The minimum absolute atomic E-state index is 0.0540. The van der Waals surface area contributed by atoms with Crippen molar-refractivity contribution in [2.45, 2.75) is 19.5 Å². The van der Waals surface area contributed by atoms with Crippen molar-refractivity contribution in [3.63, 3.8) is 0 Å². The van der Waals surface area contributed by atoms with E-state index in [2.05, 4.69) is 10.2 Å². The van der Waals surface area contributed by atoms with Gasteiger partial charge in [0.15, 0.2) is 0 Å². The molecule has 0 aliphatic carbocycles. The van der Waals surface area contributed by atoms with E-state index in [1.165, 1.54) is 0 Å². The summed E-state index contributed by atoms with van der Waals surface area (Å²) in [6.07, 6.45) is 0. The molecule has 1 saturated heterocycles. The van der Waals surface area contributed by atoms with E-state index in [1.54, 1.807) is 6.07 Å². The summed E-state index contributed by atoms with van der Waals surface area (Å²) in [6.45, 7) is 5.77. The average molecular weight is 422 g/mol. The van der Waals surface area contributed by atoms with Crippen molar-refractivity contribution in [3.05, 3.63) is 58.1 Å². The molecular weight excluding hydrogens is 397 g/mol. The number of likely N-dealkylation sites (N-methyl/N-ethyl adjacent to an activating group) is 1. The van der Waals surface area contributed by atoms with Crippen LogP contribution in [0.5, 0.6) is 0 Å². The van der Waals surface area contributed by atoms with Crippen LogP contribution in [-0.2, 0) is 16.1 Å². The Morgan fingerprint density at radius 2 is 1.82 bits per heavy atom. The molecule has 1 fully saturated rings. The van der Waals surface area contributed by atoms with Gasteiger partial charge in [-0.25, -0.2) is 0 Å². The monoisotopic (exact) mass is 421 g/mol. The Labute approximate surface area is 176 Å². The molecule has 1 aliphatic rings. The zero-order chi connectivity index (χ0) is 20.1. The number of carbonyl (C=O) groups excluding carboxylic acids is 1. The van der Waals surface area contributed by atoms with E-state index in [0.717, 1.165) is 43.2 Å². The molecular formula is C21H25Cl2N3O2. The van der Waals surface area contributed by atoms with Gasteiger partial charge in [0.2, 0.25) is 5.91 Å². The second-order valence-corrected chi connectivity index (χ2v) is 7.79. The number of rotatable bonds is 6. The molecule has 1 amide bonds. The summed E-state index contributed by atoms with van der Waals surface area (Å²) in [4.78, 5) is 16.9. The number of benzene rings is 2. The van der Waals surface area contributed by atoms with E-state index >= 15 is 0 Å². The summed E-state index contributed by atoms with van der Waals surface area (Å²) >= 11 is 12.0. The second kappa shape index (κ2) is 9.61. The summed E-state index contributed by atoms with van der Waals surface area (Å²) in [5.74, 6) is -0.0540. The van der Waals surface area contributed by atoms with Crippen LogP contribution >= 0.6 is 23.2 Å². The van der Waals surface area contributed by atoms with Crippen LogP contribution in [-0.4, -0.2) is 50.2 Å². The van der Waals surface area contributed by atoms with Gasteiger partial charge in [0.25, 0.3) is 0 Å². The van der Waals surface area contributed by atoms with Crippen molar-refractivity contribution in [2.75, 3.05) is 43.6 Å². The third-order valence-corrected chi connectivity index (χ3v) is 5.71. The predicted molar refractivity (Wildman–Crippen MR) is 115 cm³/mol. The smallest absolute Gasteiger partial charge is 0.241 e. The molecule has 0 bridgehead atoms. The number of morpholine rings is 1. The van der Waals surface area contributed by atoms with Crippen LogP contribution in [0.15, 0.2) is 42.5 Å². The highest BCUT2D eigenvalue weighted by atomic mass is 35.5. The molecule has 2 aromatic rings. The van der Waals surface area contributed by atoms with E-state index in [9.17, 15) is 4.79 Å². The summed E-state index contributed by atoms with van der Waals surface area (Å²) in [5.41, 5.74) is 2.94. The van der Waals surface area contributed by atoms with Crippen molar-refractivity contribution in [2.24, 2.45) is 0 Å². The molecule has 2 aromatic carbocycles. The Kier molecular flexibility index (Phi) is 7.18. The fourth-order valence-electron chi connectivity index (χ4n) is 3.09. The Morgan fingerprint density at radius 3 is 2.46 bits per heavy atom. The molecule has 1 N–H and O–H groups in total. The van der Waals surface area contributed by atoms with Crippen LogP contribution in [0, 0.1) is 0 Å². The Hall–Kier alpha value is -1.79. The van der Waals surface area contributed by atoms with Gasteiger partial charge >= 0.3 is 0 Å². The Bertz CT molecular complexity index is 808. The average Bonchev–Trinajstić information content (AvgIpc) is 2.71. The standard InChI is InChI=1S/C21H25Cl2N3O2/c1-15(25(2)14-16-3-8-19(22)20(23)13-16)21(27)24-17-4-6-18(7-5-17)26-9-11-28-12-10-26/h3-8,13,15H,9-12,14H2,1-2H3,(H,24,27)/t15-/m0/s1. The van der Waals surface area contributed by atoms with Crippen molar-refractivity contribution in [1.29, 1.82) is 0 Å². The molecule has 0 spiro atoms. The zero-order valence-electron chi connectivity index (χ0n) is 16.1. The molecule has 1 atom stereocenters. The summed E-state index contributed by atoms with van der Waals surface area (Å²) in [5, 5.41) is 4.03. The van der Waals surface area contributed by atoms with Crippen molar-refractivity contribution >= 4 is 40.5 Å². The van der Waals surface area contributed by atoms with Crippen molar-refractivity contribution < 1.29 is 9.53 Å². The molecule has 150 valence electrons. The van der Waals surface area contributed by atoms with Gasteiger partial charge in [-0.1, -0.05) is 29.3 Å². The summed E-state index contributed by atoms with van der Waals surface area (Å²) < 4.78 is 5.38. The Balaban J connectivity index is 1.56. The highest BCUT2D eigenvalue weighted by molar-refractivity contribution is 6.42. The molecule has 0 radical (unpaired) electrons. The number of anilines is 2. The molecule has 1 heterocycles. The van der Waals surface area contributed by atoms with Crippen LogP contribution in [0.4, 0.5) is 11.4 Å². The molecule has 28 heavy (non-hydrogen) atoms. The van der Waals surface area contributed by atoms with Gasteiger partial charge in [0.1, 0.15) is 0 Å². The number of amides is 1. The van der Waals surface area contributed by atoms with Crippen molar-refractivity contribution in [1.82, 2.24) is 4.90 Å². The normalized spacial score (nSPS) is 15.5. The topological polar surface area (TPSA) is 44.8 Å². The highest BCUT2D eigenvalue weighted by Gasteiger charge is 2.19. The maximum Gasteiger partial charge on any atom is 0.241 e. The number of nitrogens with zero attached hydrogens (tertiary/aromatic N) is 2. The lowest BCUT2D eigenvalue weighted by Crippen LogP contribution is -2.39. The predicted octanol–water partition coefficient (Wildman–Crippen LogP) is 4.29. The number of ether oxygens (including phenoxy) is 1. The number of hydrogen-bond acceptors (Lipinski definition) is 4. The number of hydrogen-bond donors (Lipinski definition) is 1. The van der Waals surface area contributed by atoms with Gasteiger partial charge in [-0.2, -0.15) is 0 Å². The quantitative estimate of drug-likeness (QED) is 0.755. The third-order valence-electron chi connectivity index (χ3n) is 4.97. The van der Waals surface area contributed by atoms with Crippen LogP contribution in [0.2, 0.25) is 10.0 Å². The summed E-state index contributed by atoms with van der Waals surface area (Å²) in [6, 6.07) is 13.2. The summed E-state index contributed by atoms with van der Waals surface area (Å²) in [7, 11) is 1.91. The first-order chi connectivity index (χ1) is 13.4. The minimum atomic E-state index is -0.298. The second-order valence-electron chi connectivity index (χ2n) is 6.98. The maximum atomic E-state index is 12.6. The first-order valence-electron chi connectivity index (χ1n) is 9.32. The van der Waals surface area contributed by atoms with Gasteiger partial charge in [0, 0.05) is 31.0 Å². The highest BCUT2D eigenvalue weighted by Crippen LogP contribution is 2.24. The lowest BCUT2D eigenvalue weighted by atomic mass is 10.2. The lowest BCUT2D eigenvalue weighted by molar-refractivity contribution is -0.120. The molecule has 7 heteroatoms. The fraction of sp³-hybridized carbons (Fsp3) is 0.381. The largest absolute Gasteiger partial charge is 0.378 e. The zero-order valence-corrected chi connectivity index (χ0v) is 17.6. The van der Waals surface area contributed by atoms with Crippen molar-refractivity contribution in [3.8, 4) is 0 Å². The molecule has 1 aliphatic heterocycles. The fourth-order valence-corrected chi connectivity index (χ4v) is 3.41. The van der Waals surface area contributed by atoms with Crippen LogP contribution in [0.25, 0.3) is 0 Å². The first-order valence-corrected chi connectivity index (χ1v) is 10.1. The molecule has 0 saturated carbocycles. The first kappa shape index (κ1) is 20.9. The van der Waals surface area contributed by atoms with E-state index in [0.29, 0.717) is 16.6 Å². The van der Waals surface area contributed by atoms with E-state index < -0.39 is 0 Å². The van der Waals surface area contributed by atoms with Gasteiger partial charge in [-0.3, -0.25) is 9.69 Å². The maximum absolute atomic E-state index is 12.6. The van der Waals surface area contributed by atoms with Crippen LogP contribution < -0.4 is 10.2 Å². The van der Waals surface area contributed by atoms with Crippen LogP contribution in [0.1, 0.15) is 12.5 Å². The lowest BCUT2D eigenvalue weighted by Gasteiger charge is -2.29. The molecule has 3 rings (SSSR count).